The molecule has 1 N–H and O–H groups in total. The second kappa shape index (κ2) is 8.30. The predicted octanol–water partition coefficient (Wildman–Crippen LogP) is 3.81. The number of benzene rings is 2. The quantitative estimate of drug-likeness (QED) is 0.656. The summed E-state index contributed by atoms with van der Waals surface area (Å²) in [5.74, 6) is -1.51. The summed E-state index contributed by atoms with van der Waals surface area (Å²) in [5.41, 5.74) is 0.677. The number of Topliss-reactive ketones (excluding diaryl/α,β-unsaturated/α-hetero) is 1. The predicted molar refractivity (Wildman–Crippen MR) is 100 cm³/mol. The van der Waals surface area contributed by atoms with Crippen molar-refractivity contribution >= 4 is 17.4 Å². The molecule has 0 aliphatic heterocycles. The van der Waals surface area contributed by atoms with E-state index in [1.807, 2.05) is 0 Å². The molecular weight excluding hydrogens is 365 g/mol. The van der Waals surface area contributed by atoms with Gasteiger partial charge in [0.2, 0.25) is 11.2 Å². The molecule has 0 radical (unpaired) electrons. The van der Waals surface area contributed by atoms with E-state index in [0.717, 1.165) is 12.3 Å². The van der Waals surface area contributed by atoms with Crippen LogP contribution in [0, 0.1) is 5.82 Å². The number of carbonyl (C=O) groups is 2. The van der Waals surface area contributed by atoms with Crippen LogP contribution in [0.25, 0.3) is 0 Å². The Hall–Kier alpha value is -3.74. The van der Waals surface area contributed by atoms with E-state index < -0.39 is 17.2 Å². The number of halogens is 1. The van der Waals surface area contributed by atoms with Crippen molar-refractivity contribution in [3.63, 3.8) is 0 Å². The average Bonchev–Trinajstić information content (AvgIpc) is 2.68. The lowest BCUT2D eigenvalue weighted by Gasteiger charge is -2.07. The molecule has 28 heavy (non-hydrogen) atoms. The molecule has 0 aliphatic rings. The number of rotatable bonds is 6. The average molecular weight is 381 g/mol. The summed E-state index contributed by atoms with van der Waals surface area (Å²) in [6.07, 6.45) is 1.01. The molecule has 1 heterocycles. The third-order valence-electron chi connectivity index (χ3n) is 3.91. The highest BCUT2D eigenvalue weighted by Gasteiger charge is 2.13. The van der Waals surface area contributed by atoms with Gasteiger partial charge in [0.15, 0.2) is 11.5 Å². The van der Waals surface area contributed by atoms with Gasteiger partial charge >= 0.3 is 0 Å². The molecule has 0 unspecified atom stereocenters. The molecule has 0 saturated heterocycles. The maximum absolute atomic E-state index is 13.6. The van der Waals surface area contributed by atoms with Gasteiger partial charge in [0, 0.05) is 22.9 Å². The summed E-state index contributed by atoms with van der Waals surface area (Å²) in [5, 5.41) is 2.56. The van der Waals surface area contributed by atoms with Crippen molar-refractivity contribution in [2.45, 2.75) is 13.5 Å². The van der Waals surface area contributed by atoms with Crippen molar-refractivity contribution in [3.8, 4) is 5.75 Å². The van der Waals surface area contributed by atoms with Gasteiger partial charge in [-0.1, -0.05) is 18.2 Å². The van der Waals surface area contributed by atoms with Crippen molar-refractivity contribution in [1.29, 1.82) is 0 Å². The van der Waals surface area contributed by atoms with E-state index in [4.69, 9.17) is 9.15 Å². The Bertz CT molecular complexity index is 1070. The molecule has 0 bridgehead atoms. The highest BCUT2D eigenvalue weighted by atomic mass is 19.1. The van der Waals surface area contributed by atoms with E-state index in [1.54, 1.807) is 36.4 Å². The normalized spacial score (nSPS) is 10.4. The van der Waals surface area contributed by atoms with Crippen molar-refractivity contribution in [1.82, 2.24) is 0 Å². The van der Waals surface area contributed by atoms with Crippen LogP contribution in [0.1, 0.15) is 33.4 Å². The van der Waals surface area contributed by atoms with Crippen LogP contribution >= 0.6 is 0 Å². The fourth-order valence-electron chi connectivity index (χ4n) is 2.38. The van der Waals surface area contributed by atoms with Gasteiger partial charge in [0.05, 0.1) is 0 Å². The van der Waals surface area contributed by atoms with E-state index in [0.29, 0.717) is 11.3 Å². The van der Waals surface area contributed by atoms with E-state index in [-0.39, 0.29) is 29.5 Å². The van der Waals surface area contributed by atoms with Gasteiger partial charge in [-0.3, -0.25) is 14.4 Å². The SMILES string of the molecule is CC(=O)c1ccc(NC(=O)c2cc(=O)c(OCc3ccccc3F)co2)cc1. The smallest absolute Gasteiger partial charge is 0.291 e. The minimum absolute atomic E-state index is 0.0881. The van der Waals surface area contributed by atoms with Crippen molar-refractivity contribution in [3.05, 3.63) is 93.8 Å². The van der Waals surface area contributed by atoms with Crippen LogP contribution in [0.15, 0.2) is 70.1 Å². The molecule has 3 aromatic rings. The van der Waals surface area contributed by atoms with Crippen LogP contribution in [-0.4, -0.2) is 11.7 Å². The molecule has 0 fully saturated rings. The van der Waals surface area contributed by atoms with Crippen molar-refractivity contribution < 1.29 is 23.1 Å². The summed E-state index contributed by atoms with van der Waals surface area (Å²) in [4.78, 5) is 35.6. The number of hydrogen-bond acceptors (Lipinski definition) is 5. The summed E-state index contributed by atoms with van der Waals surface area (Å²) in [7, 11) is 0. The van der Waals surface area contributed by atoms with Crippen LogP contribution < -0.4 is 15.5 Å². The van der Waals surface area contributed by atoms with Crippen LogP contribution in [0.3, 0.4) is 0 Å². The number of carbonyl (C=O) groups excluding carboxylic acids is 2. The van der Waals surface area contributed by atoms with Gasteiger partial charge in [0.25, 0.3) is 5.91 Å². The van der Waals surface area contributed by atoms with Gasteiger partial charge in [-0.25, -0.2) is 4.39 Å². The highest BCUT2D eigenvalue weighted by Crippen LogP contribution is 2.14. The third kappa shape index (κ3) is 4.50. The number of nitrogens with one attached hydrogen (secondary N) is 1. The van der Waals surface area contributed by atoms with E-state index in [2.05, 4.69) is 5.32 Å². The molecule has 6 nitrogen and oxygen atoms in total. The maximum Gasteiger partial charge on any atom is 0.291 e. The Morgan fingerprint density at radius 1 is 1.11 bits per heavy atom. The number of ether oxygens (including phenoxy) is 1. The third-order valence-corrected chi connectivity index (χ3v) is 3.91. The molecule has 7 heteroatoms. The van der Waals surface area contributed by atoms with Crippen LogP contribution in [0.2, 0.25) is 0 Å². The topological polar surface area (TPSA) is 85.6 Å². The Morgan fingerprint density at radius 2 is 1.82 bits per heavy atom. The van der Waals surface area contributed by atoms with E-state index in [9.17, 15) is 18.8 Å². The Kier molecular flexibility index (Phi) is 5.64. The Morgan fingerprint density at radius 3 is 2.46 bits per heavy atom. The van der Waals surface area contributed by atoms with E-state index >= 15 is 0 Å². The molecule has 0 atom stereocenters. The number of amides is 1. The zero-order valence-electron chi connectivity index (χ0n) is 14.9. The van der Waals surface area contributed by atoms with Crippen LogP contribution in [0.4, 0.5) is 10.1 Å². The first-order chi connectivity index (χ1) is 13.4. The fraction of sp³-hybridized carbons (Fsp3) is 0.0952. The molecule has 0 saturated carbocycles. The number of ketones is 1. The van der Waals surface area contributed by atoms with Gasteiger partial charge in [0.1, 0.15) is 18.7 Å². The summed E-state index contributed by atoms with van der Waals surface area (Å²) < 4.78 is 24.0. The van der Waals surface area contributed by atoms with Gasteiger partial charge in [-0.15, -0.1) is 0 Å². The standard InChI is InChI=1S/C21H16FNO5/c1-13(24)14-6-8-16(9-7-14)23-21(26)19-10-18(25)20(12-28-19)27-11-15-4-2-3-5-17(15)22/h2-10,12H,11H2,1H3,(H,23,26). The zero-order valence-corrected chi connectivity index (χ0v) is 14.9. The second-order valence-electron chi connectivity index (χ2n) is 5.94. The zero-order chi connectivity index (χ0) is 20.1. The van der Waals surface area contributed by atoms with Gasteiger partial charge in [-0.05, 0) is 37.3 Å². The van der Waals surface area contributed by atoms with E-state index in [1.165, 1.54) is 19.1 Å². The second-order valence-corrected chi connectivity index (χ2v) is 5.94. The lowest BCUT2D eigenvalue weighted by Crippen LogP contribution is -2.16. The minimum Gasteiger partial charge on any atom is -0.482 e. The van der Waals surface area contributed by atoms with Gasteiger partial charge in [-0.2, -0.15) is 0 Å². The monoisotopic (exact) mass is 381 g/mol. The van der Waals surface area contributed by atoms with Crippen LogP contribution in [0.5, 0.6) is 5.75 Å². The van der Waals surface area contributed by atoms with Crippen molar-refractivity contribution in [2.24, 2.45) is 0 Å². The summed E-state index contributed by atoms with van der Waals surface area (Å²) in [6, 6.07) is 13.3. The van der Waals surface area contributed by atoms with Gasteiger partial charge < -0.3 is 14.5 Å². The first kappa shape index (κ1) is 19.0. The van der Waals surface area contributed by atoms with Crippen LogP contribution in [-0.2, 0) is 6.61 Å². The minimum atomic E-state index is -0.631. The molecule has 0 aliphatic carbocycles. The Labute approximate surface area is 159 Å². The van der Waals surface area contributed by atoms with Crippen molar-refractivity contribution in [2.75, 3.05) is 5.32 Å². The lowest BCUT2D eigenvalue weighted by atomic mass is 10.1. The summed E-state index contributed by atoms with van der Waals surface area (Å²) >= 11 is 0. The number of hydrogen-bond donors (Lipinski definition) is 1. The number of anilines is 1. The fourth-order valence-corrected chi connectivity index (χ4v) is 2.38. The molecule has 1 amide bonds. The highest BCUT2D eigenvalue weighted by molar-refractivity contribution is 6.02. The largest absolute Gasteiger partial charge is 0.482 e. The summed E-state index contributed by atoms with van der Waals surface area (Å²) in [6.45, 7) is 1.30. The molecule has 1 aromatic heterocycles. The molecular formula is C21H16FNO5. The first-order valence-electron chi connectivity index (χ1n) is 8.35. The Balaban J connectivity index is 1.67. The first-order valence-corrected chi connectivity index (χ1v) is 8.35. The molecule has 142 valence electrons. The molecule has 2 aromatic carbocycles. The molecule has 3 rings (SSSR count). The maximum atomic E-state index is 13.6. The molecule has 0 spiro atoms. The lowest BCUT2D eigenvalue weighted by molar-refractivity contribution is 0.0991.